The first-order chi connectivity index (χ1) is 13.1. The summed E-state index contributed by atoms with van der Waals surface area (Å²) in [6, 6.07) is 7.34. The Morgan fingerprint density at radius 3 is 2.85 bits per heavy atom. The van der Waals surface area contributed by atoms with Crippen molar-refractivity contribution in [2.24, 2.45) is 0 Å². The molecule has 4 rings (SSSR count). The van der Waals surface area contributed by atoms with Crippen LogP contribution in [0.4, 0.5) is 9.52 Å². The van der Waals surface area contributed by atoms with Crippen molar-refractivity contribution in [3.63, 3.8) is 0 Å². The van der Waals surface area contributed by atoms with E-state index in [2.05, 4.69) is 10.3 Å². The maximum absolute atomic E-state index is 13.1. The number of carbonyl (C=O) groups is 1. The molecular weight excluding hydrogens is 369 g/mol. The zero-order valence-corrected chi connectivity index (χ0v) is 15.3. The summed E-state index contributed by atoms with van der Waals surface area (Å²) < 4.78 is 19.9. The normalized spacial score (nSPS) is 12.7. The van der Waals surface area contributed by atoms with E-state index in [9.17, 15) is 14.0 Å². The molecule has 1 N–H and O–H groups in total. The van der Waals surface area contributed by atoms with Crippen LogP contribution in [0.25, 0.3) is 11.3 Å². The molecule has 27 heavy (non-hydrogen) atoms. The molecule has 8 heteroatoms. The molecule has 0 aliphatic carbocycles. The summed E-state index contributed by atoms with van der Waals surface area (Å²) in [5, 5.41) is 5.00. The minimum absolute atomic E-state index is 0.163. The molecule has 0 saturated carbocycles. The van der Waals surface area contributed by atoms with Gasteiger partial charge in [-0.2, -0.15) is 0 Å². The lowest BCUT2D eigenvalue weighted by Gasteiger charge is -2.13. The van der Waals surface area contributed by atoms with Gasteiger partial charge in [0.25, 0.3) is 11.5 Å². The number of amides is 1. The van der Waals surface area contributed by atoms with Crippen LogP contribution in [0.2, 0.25) is 0 Å². The number of nitrogens with zero attached hydrogens (tertiary/aromatic N) is 2. The number of benzene rings is 1. The van der Waals surface area contributed by atoms with Crippen LogP contribution >= 0.6 is 11.3 Å². The van der Waals surface area contributed by atoms with Gasteiger partial charge in [-0.1, -0.05) is 0 Å². The summed E-state index contributed by atoms with van der Waals surface area (Å²) in [6.07, 6.45) is 1.46. The van der Waals surface area contributed by atoms with E-state index in [0.29, 0.717) is 35.0 Å². The van der Waals surface area contributed by atoms with Gasteiger partial charge in [-0.05, 0) is 37.1 Å². The first-order valence-electron chi connectivity index (χ1n) is 8.40. The fourth-order valence-electron chi connectivity index (χ4n) is 3.23. The highest BCUT2D eigenvalue weighted by molar-refractivity contribution is 7.14. The van der Waals surface area contributed by atoms with Crippen LogP contribution < -0.4 is 15.6 Å². The molecule has 1 aromatic carbocycles. The number of nitrogens with one attached hydrogen (secondary N) is 1. The summed E-state index contributed by atoms with van der Waals surface area (Å²) >= 11 is 1.28. The van der Waals surface area contributed by atoms with E-state index >= 15 is 0 Å². The minimum Gasteiger partial charge on any atom is -0.496 e. The van der Waals surface area contributed by atoms with E-state index in [4.69, 9.17) is 4.74 Å². The van der Waals surface area contributed by atoms with Crippen molar-refractivity contribution >= 4 is 22.4 Å². The Hall–Kier alpha value is -3.00. The van der Waals surface area contributed by atoms with E-state index in [1.807, 2.05) is 0 Å². The molecule has 0 spiro atoms. The second kappa shape index (κ2) is 6.96. The van der Waals surface area contributed by atoms with Gasteiger partial charge in [0, 0.05) is 29.2 Å². The second-order valence-electron chi connectivity index (χ2n) is 6.13. The summed E-state index contributed by atoms with van der Waals surface area (Å²) in [5.41, 5.74) is 2.30. The van der Waals surface area contributed by atoms with Crippen molar-refractivity contribution in [2.75, 3.05) is 12.4 Å². The highest BCUT2D eigenvalue weighted by Gasteiger charge is 2.25. The number of pyridine rings is 1. The molecule has 0 saturated heterocycles. The number of hydrogen-bond acceptors (Lipinski definition) is 5. The Labute approximate surface area is 158 Å². The predicted octanol–water partition coefficient (Wildman–Crippen LogP) is 3.32. The lowest BCUT2D eigenvalue weighted by molar-refractivity contribution is 0.102. The van der Waals surface area contributed by atoms with Crippen LogP contribution in [0.1, 0.15) is 22.5 Å². The molecule has 0 bridgehead atoms. The first kappa shape index (κ1) is 17.4. The quantitative estimate of drug-likeness (QED) is 0.748. The molecule has 0 unspecified atom stereocenters. The number of ether oxygens (including phenoxy) is 1. The fourth-order valence-corrected chi connectivity index (χ4v) is 3.94. The van der Waals surface area contributed by atoms with Crippen LogP contribution in [-0.4, -0.2) is 22.6 Å². The number of fused-ring (bicyclic) bond motifs is 1. The van der Waals surface area contributed by atoms with Gasteiger partial charge in [0.2, 0.25) is 0 Å². The van der Waals surface area contributed by atoms with Gasteiger partial charge < -0.3 is 9.30 Å². The van der Waals surface area contributed by atoms with Crippen molar-refractivity contribution in [2.45, 2.75) is 19.4 Å². The first-order valence-corrected chi connectivity index (χ1v) is 9.28. The third kappa shape index (κ3) is 3.23. The largest absolute Gasteiger partial charge is 0.496 e. The number of aromatic nitrogens is 2. The Balaban J connectivity index is 1.63. The van der Waals surface area contributed by atoms with Gasteiger partial charge in [-0.3, -0.25) is 14.9 Å². The van der Waals surface area contributed by atoms with Crippen molar-refractivity contribution in [1.29, 1.82) is 0 Å². The van der Waals surface area contributed by atoms with Gasteiger partial charge in [0.1, 0.15) is 17.1 Å². The Morgan fingerprint density at radius 2 is 2.11 bits per heavy atom. The molecule has 6 nitrogen and oxygen atoms in total. The number of hydrogen-bond donors (Lipinski definition) is 1. The SMILES string of the molecule is COc1cc(=O)n2c(c1C(=O)Nc1nc(-c3ccc(F)cc3)cs1)CCC2. The Bertz CT molecular complexity index is 1070. The summed E-state index contributed by atoms with van der Waals surface area (Å²) in [5.74, 6) is -0.416. The zero-order chi connectivity index (χ0) is 19.0. The molecule has 3 heterocycles. The third-order valence-corrected chi connectivity index (χ3v) is 5.25. The van der Waals surface area contributed by atoms with Gasteiger partial charge in [0.15, 0.2) is 5.13 Å². The zero-order valence-electron chi connectivity index (χ0n) is 14.5. The molecule has 138 valence electrons. The van der Waals surface area contributed by atoms with Gasteiger partial charge in [-0.25, -0.2) is 9.37 Å². The van der Waals surface area contributed by atoms with Crippen molar-refractivity contribution in [3.8, 4) is 17.0 Å². The average molecular weight is 385 g/mol. The van der Waals surface area contributed by atoms with E-state index in [1.54, 1.807) is 22.1 Å². The van der Waals surface area contributed by atoms with E-state index < -0.39 is 0 Å². The predicted molar refractivity (Wildman–Crippen MR) is 101 cm³/mol. The van der Waals surface area contributed by atoms with Crippen molar-refractivity contribution < 1.29 is 13.9 Å². The lowest BCUT2D eigenvalue weighted by Crippen LogP contribution is -2.24. The van der Waals surface area contributed by atoms with E-state index in [1.165, 1.54) is 36.6 Å². The molecule has 0 fully saturated rings. The molecule has 1 aliphatic heterocycles. The van der Waals surface area contributed by atoms with Crippen molar-refractivity contribution in [1.82, 2.24) is 9.55 Å². The molecule has 3 aromatic rings. The Morgan fingerprint density at radius 1 is 1.33 bits per heavy atom. The van der Waals surface area contributed by atoms with Gasteiger partial charge >= 0.3 is 0 Å². The molecule has 0 atom stereocenters. The second-order valence-corrected chi connectivity index (χ2v) is 6.98. The number of carbonyl (C=O) groups excluding carboxylic acids is 1. The molecule has 0 radical (unpaired) electrons. The molecule has 2 aromatic heterocycles. The third-order valence-electron chi connectivity index (χ3n) is 4.49. The van der Waals surface area contributed by atoms with Crippen molar-refractivity contribution in [3.05, 3.63) is 63.1 Å². The molecule has 1 aliphatic rings. The highest BCUT2D eigenvalue weighted by atomic mass is 32.1. The number of thiazole rings is 1. The summed E-state index contributed by atoms with van der Waals surface area (Å²) in [6.45, 7) is 0.602. The number of rotatable bonds is 4. The smallest absolute Gasteiger partial charge is 0.263 e. The average Bonchev–Trinajstić information content (AvgIpc) is 3.32. The standard InChI is InChI=1S/C19H16FN3O3S/c1-26-15-9-16(24)23-8-2-3-14(23)17(15)18(25)22-19-21-13(10-27-19)11-4-6-12(20)7-5-11/h4-7,9-10H,2-3,8H2,1H3,(H,21,22,25). The molecular formula is C19H16FN3O3S. The monoisotopic (exact) mass is 385 g/mol. The minimum atomic E-state index is -0.363. The number of methoxy groups -OCH3 is 1. The maximum atomic E-state index is 13.1. The van der Waals surface area contributed by atoms with E-state index in [0.717, 1.165) is 12.0 Å². The van der Waals surface area contributed by atoms with Crippen LogP contribution in [0, 0.1) is 5.82 Å². The van der Waals surface area contributed by atoms with Gasteiger partial charge in [-0.15, -0.1) is 11.3 Å². The molecule has 1 amide bonds. The number of halogens is 1. The van der Waals surface area contributed by atoms with Crippen LogP contribution in [0.3, 0.4) is 0 Å². The van der Waals surface area contributed by atoms with Crippen LogP contribution in [-0.2, 0) is 13.0 Å². The van der Waals surface area contributed by atoms with Gasteiger partial charge in [0.05, 0.1) is 12.8 Å². The van der Waals surface area contributed by atoms with E-state index in [-0.39, 0.29) is 23.0 Å². The topological polar surface area (TPSA) is 73.2 Å². The van der Waals surface area contributed by atoms with Crippen LogP contribution in [0.15, 0.2) is 40.5 Å². The maximum Gasteiger partial charge on any atom is 0.263 e. The summed E-state index contributed by atoms with van der Waals surface area (Å²) in [4.78, 5) is 29.4. The highest BCUT2D eigenvalue weighted by Crippen LogP contribution is 2.29. The Kier molecular flexibility index (Phi) is 4.49. The fraction of sp³-hybridized carbons (Fsp3) is 0.211. The van der Waals surface area contributed by atoms with Crippen LogP contribution in [0.5, 0.6) is 5.75 Å². The number of anilines is 1. The lowest BCUT2D eigenvalue weighted by atomic mass is 10.1. The summed E-state index contributed by atoms with van der Waals surface area (Å²) in [7, 11) is 1.44.